The maximum Gasteiger partial charge on any atom is 0.260 e. The molecule has 1 heterocycles. The van der Waals surface area contributed by atoms with Gasteiger partial charge in [-0.2, -0.15) is 5.26 Å². The Morgan fingerprint density at radius 3 is 2.70 bits per heavy atom. The number of hydrogen-bond donors (Lipinski definition) is 0. The topological polar surface area (TPSA) is 56.6 Å². The van der Waals surface area contributed by atoms with Crippen molar-refractivity contribution in [2.75, 3.05) is 33.8 Å². The molecule has 1 saturated heterocycles. The molecule has 1 fully saturated rings. The number of nitriles is 1. The Bertz CT molecular complexity index is 505. The zero-order chi connectivity index (χ0) is 14.5. The average Bonchev–Trinajstić information content (AvgIpc) is 2.95. The maximum atomic E-state index is 12.0. The van der Waals surface area contributed by atoms with Crippen LogP contribution in [0.5, 0.6) is 5.75 Å². The molecule has 106 valence electrons. The van der Waals surface area contributed by atoms with Crippen molar-refractivity contribution in [1.82, 2.24) is 9.80 Å². The molecule has 20 heavy (non-hydrogen) atoms. The Balaban J connectivity index is 1.82. The van der Waals surface area contributed by atoms with Crippen molar-refractivity contribution in [3.8, 4) is 11.8 Å². The van der Waals surface area contributed by atoms with Crippen molar-refractivity contribution in [3.63, 3.8) is 0 Å². The van der Waals surface area contributed by atoms with E-state index in [1.807, 2.05) is 25.1 Å². The zero-order valence-corrected chi connectivity index (χ0v) is 11.9. The molecule has 0 aromatic heterocycles. The second-order valence-electron chi connectivity index (χ2n) is 5.17. The van der Waals surface area contributed by atoms with E-state index in [9.17, 15) is 4.79 Å². The molecule has 1 aliphatic rings. The predicted octanol–water partition coefficient (Wildman–Crippen LogP) is 1.10. The van der Waals surface area contributed by atoms with E-state index in [2.05, 4.69) is 4.90 Å². The van der Waals surface area contributed by atoms with Crippen LogP contribution in [-0.2, 0) is 4.79 Å². The van der Waals surface area contributed by atoms with Crippen LogP contribution in [0.3, 0.4) is 0 Å². The molecule has 2 rings (SSSR count). The van der Waals surface area contributed by atoms with E-state index < -0.39 is 0 Å². The highest BCUT2D eigenvalue weighted by Gasteiger charge is 2.27. The molecule has 0 N–H and O–H groups in total. The summed E-state index contributed by atoms with van der Waals surface area (Å²) in [5.41, 5.74) is 0.581. The first kappa shape index (κ1) is 14.4. The Kier molecular flexibility index (Phi) is 4.59. The van der Waals surface area contributed by atoms with Crippen molar-refractivity contribution in [3.05, 3.63) is 29.8 Å². The number of carbonyl (C=O) groups is 1. The normalized spacial score (nSPS) is 18.1. The Morgan fingerprint density at radius 1 is 1.45 bits per heavy atom. The van der Waals surface area contributed by atoms with Gasteiger partial charge in [-0.1, -0.05) is 0 Å². The summed E-state index contributed by atoms with van der Waals surface area (Å²) < 4.78 is 5.46. The molecule has 0 bridgehead atoms. The van der Waals surface area contributed by atoms with Gasteiger partial charge in [0.1, 0.15) is 5.75 Å². The van der Waals surface area contributed by atoms with Gasteiger partial charge >= 0.3 is 0 Å². The Morgan fingerprint density at radius 2 is 2.15 bits per heavy atom. The van der Waals surface area contributed by atoms with Gasteiger partial charge in [-0.05, 0) is 44.8 Å². The molecule has 5 nitrogen and oxygen atoms in total. The summed E-state index contributed by atoms with van der Waals surface area (Å²) in [7, 11) is 4.07. The largest absolute Gasteiger partial charge is 0.484 e. The molecule has 1 unspecified atom stereocenters. The highest BCUT2D eigenvalue weighted by atomic mass is 16.5. The summed E-state index contributed by atoms with van der Waals surface area (Å²) in [5, 5.41) is 8.70. The minimum Gasteiger partial charge on any atom is -0.484 e. The standard InChI is InChI=1S/C15H19N3O2/c1-17(2)13-7-8-18(10-13)15(19)11-20-14-5-3-12(9-16)4-6-14/h3-6,13H,7-8,10-11H2,1-2H3. The molecule has 1 aliphatic heterocycles. The summed E-state index contributed by atoms with van der Waals surface area (Å²) in [4.78, 5) is 16.0. The number of rotatable bonds is 4. The summed E-state index contributed by atoms with van der Waals surface area (Å²) in [6.45, 7) is 1.60. The summed E-state index contributed by atoms with van der Waals surface area (Å²) >= 11 is 0. The van der Waals surface area contributed by atoms with E-state index >= 15 is 0 Å². The lowest BCUT2D eigenvalue weighted by molar-refractivity contribution is -0.132. The number of amides is 1. The molecule has 1 aromatic rings. The van der Waals surface area contributed by atoms with Gasteiger partial charge in [0, 0.05) is 19.1 Å². The first-order valence-corrected chi connectivity index (χ1v) is 6.67. The molecule has 1 aromatic carbocycles. The maximum absolute atomic E-state index is 12.0. The van der Waals surface area contributed by atoms with Gasteiger partial charge < -0.3 is 14.5 Å². The molecule has 0 radical (unpaired) electrons. The molecular weight excluding hydrogens is 254 g/mol. The van der Waals surface area contributed by atoms with E-state index in [-0.39, 0.29) is 12.5 Å². The highest BCUT2D eigenvalue weighted by Crippen LogP contribution is 2.15. The van der Waals surface area contributed by atoms with Crippen LogP contribution in [0.4, 0.5) is 0 Å². The lowest BCUT2D eigenvalue weighted by Crippen LogP contribution is -2.36. The zero-order valence-electron chi connectivity index (χ0n) is 11.9. The van der Waals surface area contributed by atoms with Crippen LogP contribution >= 0.6 is 0 Å². The smallest absolute Gasteiger partial charge is 0.260 e. The fourth-order valence-corrected chi connectivity index (χ4v) is 2.25. The summed E-state index contributed by atoms with van der Waals surface area (Å²) in [5.74, 6) is 0.624. The van der Waals surface area contributed by atoms with Crippen LogP contribution in [0.1, 0.15) is 12.0 Å². The lowest BCUT2D eigenvalue weighted by Gasteiger charge is -2.20. The van der Waals surface area contributed by atoms with Crippen molar-refractivity contribution >= 4 is 5.91 Å². The number of ether oxygens (including phenoxy) is 1. The molecule has 0 aliphatic carbocycles. The highest BCUT2D eigenvalue weighted by molar-refractivity contribution is 5.78. The summed E-state index contributed by atoms with van der Waals surface area (Å²) in [6, 6.07) is 9.25. The van der Waals surface area contributed by atoms with Gasteiger partial charge in [-0.15, -0.1) is 0 Å². The number of carbonyl (C=O) groups excluding carboxylic acids is 1. The van der Waals surface area contributed by atoms with Gasteiger partial charge in [-0.25, -0.2) is 0 Å². The molecule has 1 atom stereocenters. The van der Waals surface area contributed by atoms with E-state index in [1.165, 1.54) is 0 Å². The lowest BCUT2D eigenvalue weighted by atomic mass is 10.2. The fraction of sp³-hybridized carbons (Fsp3) is 0.467. The van der Waals surface area contributed by atoms with Gasteiger partial charge in [0.2, 0.25) is 0 Å². The van der Waals surface area contributed by atoms with Crippen LogP contribution in [0.2, 0.25) is 0 Å². The first-order chi connectivity index (χ1) is 9.60. The quantitative estimate of drug-likeness (QED) is 0.824. The third-order valence-electron chi connectivity index (χ3n) is 3.59. The summed E-state index contributed by atoms with van der Waals surface area (Å²) in [6.07, 6.45) is 1.01. The fourth-order valence-electron chi connectivity index (χ4n) is 2.25. The number of likely N-dealkylation sites (tertiary alicyclic amines) is 1. The Labute approximate surface area is 119 Å². The third kappa shape index (κ3) is 3.49. The van der Waals surface area contributed by atoms with E-state index in [0.717, 1.165) is 19.5 Å². The van der Waals surface area contributed by atoms with Crippen molar-refractivity contribution in [2.24, 2.45) is 0 Å². The predicted molar refractivity (Wildman–Crippen MR) is 75.3 cm³/mol. The van der Waals surface area contributed by atoms with Crippen LogP contribution in [0.15, 0.2) is 24.3 Å². The molecule has 5 heteroatoms. The van der Waals surface area contributed by atoms with Crippen molar-refractivity contribution in [2.45, 2.75) is 12.5 Å². The van der Waals surface area contributed by atoms with Crippen LogP contribution in [0, 0.1) is 11.3 Å². The number of nitrogens with zero attached hydrogens (tertiary/aromatic N) is 3. The van der Waals surface area contributed by atoms with Crippen molar-refractivity contribution < 1.29 is 9.53 Å². The van der Waals surface area contributed by atoms with Crippen molar-refractivity contribution in [1.29, 1.82) is 5.26 Å². The second-order valence-corrected chi connectivity index (χ2v) is 5.17. The first-order valence-electron chi connectivity index (χ1n) is 6.67. The molecule has 1 amide bonds. The molecule has 0 spiro atoms. The van der Waals surface area contributed by atoms with E-state index in [1.54, 1.807) is 24.3 Å². The third-order valence-corrected chi connectivity index (χ3v) is 3.59. The van der Waals surface area contributed by atoms with Gasteiger partial charge in [0.15, 0.2) is 6.61 Å². The number of benzene rings is 1. The van der Waals surface area contributed by atoms with Gasteiger partial charge in [-0.3, -0.25) is 4.79 Å². The van der Waals surface area contributed by atoms with E-state index in [0.29, 0.717) is 17.4 Å². The minimum absolute atomic E-state index is 0.0127. The second kappa shape index (κ2) is 6.40. The molecular formula is C15H19N3O2. The number of likely N-dealkylation sites (N-methyl/N-ethyl adjacent to an activating group) is 1. The Hall–Kier alpha value is -2.06. The van der Waals surface area contributed by atoms with Crippen LogP contribution in [-0.4, -0.2) is 55.5 Å². The van der Waals surface area contributed by atoms with Gasteiger partial charge in [0.25, 0.3) is 5.91 Å². The van der Waals surface area contributed by atoms with E-state index in [4.69, 9.17) is 10.00 Å². The SMILES string of the molecule is CN(C)C1CCN(C(=O)COc2ccc(C#N)cc2)C1. The molecule has 0 saturated carbocycles. The van der Waals surface area contributed by atoms with Crippen LogP contribution in [0.25, 0.3) is 0 Å². The average molecular weight is 273 g/mol. The monoisotopic (exact) mass is 273 g/mol. The minimum atomic E-state index is 0.0127. The van der Waals surface area contributed by atoms with Gasteiger partial charge in [0.05, 0.1) is 11.6 Å². The van der Waals surface area contributed by atoms with Crippen LogP contribution < -0.4 is 4.74 Å². The number of hydrogen-bond acceptors (Lipinski definition) is 4.